The largest absolute Gasteiger partial charge is 0.462 e. The number of esters is 3. The molecule has 0 heterocycles. The quantitative estimate of drug-likeness (QED) is 0.0262. The van der Waals surface area contributed by atoms with Crippen molar-refractivity contribution in [2.45, 2.75) is 264 Å². The van der Waals surface area contributed by atoms with Gasteiger partial charge in [-0.15, -0.1) is 0 Å². The van der Waals surface area contributed by atoms with Crippen LogP contribution in [0, 0.1) is 0 Å². The molecule has 0 aromatic heterocycles. The van der Waals surface area contributed by atoms with Crippen LogP contribution < -0.4 is 0 Å². The Bertz CT molecular complexity index is 1210. The van der Waals surface area contributed by atoms with E-state index in [-0.39, 0.29) is 31.1 Å². The van der Waals surface area contributed by atoms with Crippen LogP contribution in [0.15, 0.2) is 72.9 Å². The molecule has 0 amide bonds. The molecule has 0 aromatic carbocycles. The molecule has 0 rings (SSSR count). The normalized spacial score (nSPS) is 12.6. The lowest BCUT2D eigenvalue weighted by molar-refractivity contribution is -0.167. The van der Waals surface area contributed by atoms with Gasteiger partial charge >= 0.3 is 17.9 Å². The summed E-state index contributed by atoms with van der Waals surface area (Å²) in [5.41, 5.74) is 0. The first-order chi connectivity index (χ1) is 31.5. The van der Waals surface area contributed by atoms with Gasteiger partial charge in [0.1, 0.15) is 13.2 Å². The predicted molar refractivity (Wildman–Crippen MR) is 274 cm³/mol. The summed E-state index contributed by atoms with van der Waals surface area (Å²) in [6, 6.07) is 0. The van der Waals surface area contributed by atoms with Gasteiger partial charge in [-0.1, -0.05) is 209 Å². The SMILES string of the molecule is CC/C=C\C/C=C\C/C=C\CCCCCC(=O)OC(COC(=O)CCCCCCC/C=C\CCC)COC(=O)CCCCCCCCCCCCC/C=C\C/C=C\CCCCCCC. The van der Waals surface area contributed by atoms with E-state index in [4.69, 9.17) is 14.2 Å². The molecule has 0 aliphatic carbocycles. The lowest BCUT2D eigenvalue weighted by Crippen LogP contribution is -2.30. The highest BCUT2D eigenvalue weighted by Gasteiger charge is 2.19. The van der Waals surface area contributed by atoms with Crippen LogP contribution in [0.5, 0.6) is 0 Å². The van der Waals surface area contributed by atoms with E-state index in [1.807, 2.05) is 0 Å². The van der Waals surface area contributed by atoms with Crippen LogP contribution in [-0.2, 0) is 28.6 Å². The summed E-state index contributed by atoms with van der Waals surface area (Å²) >= 11 is 0. The van der Waals surface area contributed by atoms with Crippen LogP contribution in [0.3, 0.4) is 0 Å². The predicted octanol–water partition coefficient (Wildman–Crippen LogP) is 17.8. The van der Waals surface area contributed by atoms with Gasteiger partial charge in [-0.25, -0.2) is 0 Å². The summed E-state index contributed by atoms with van der Waals surface area (Å²) in [5.74, 6) is -0.932. The Kier molecular flexibility index (Phi) is 49.9. The summed E-state index contributed by atoms with van der Waals surface area (Å²) in [7, 11) is 0. The first kappa shape index (κ1) is 60.9. The van der Waals surface area contributed by atoms with Gasteiger partial charge < -0.3 is 14.2 Å². The highest BCUT2D eigenvalue weighted by molar-refractivity contribution is 5.71. The molecule has 0 saturated carbocycles. The van der Waals surface area contributed by atoms with Crippen molar-refractivity contribution in [3.05, 3.63) is 72.9 Å². The fraction of sp³-hybridized carbons (Fsp3) is 0.741. The summed E-state index contributed by atoms with van der Waals surface area (Å²) in [4.78, 5) is 37.9. The molecule has 0 aromatic rings. The highest BCUT2D eigenvalue weighted by Crippen LogP contribution is 2.15. The number of rotatable bonds is 48. The molecule has 1 atom stereocenters. The molecular formula is C58H100O6. The van der Waals surface area contributed by atoms with Crippen molar-refractivity contribution in [2.75, 3.05) is 13.2 Å². The number of unbranched alkanes of at least 4 members (excludes halogenated alkanes) is 25. The molecule has 0 aliphatic rings. The maximum absolute atomic E-state index is 12.8. The molecule has 6 nitrogen and oxygen atoms in total. The Morgan fingerprint density at radius 3 is 1.05 bits per heavy atom. The van der Waals surface area contributed by atoms with Gasteiger partial charge in [-0.2, -0.15) is 0 Å². The third kappa shape index (κ3) is 49.9. The fourth-order valence-corrected chi connectivity index (χ4v) is 7.37. The molecule has 0 radical (unpaired) electrons. The molecule has 0 spiro atoms. The number of hydrogen-bond donors (Lipinski definition) is 0. The Morgan fingerprint density at radius 2 is 0.641 bits per heavy atom. The fourth-order valence-electron chi connectivity index (χ4n) is 7.37. The van der Waals surface area contributed by atoms with E-state index in [2.05, 4.69) is 93.7 Å². The number of allylic oxidation sites excluding steroid dienone is 12. The molecule has 1 unspecified atom stereocenters. The molecule has 6 heteroatoms. The second-order valence-electron chi connectivity index (χ2n) is 17.7. The van der Waals surface area contributed by atoms with Crippen LogP contribution >= 0.6 is 0 Å². The van der Waals surface area contributed by atoms with Gasteiger partial charge in [0.2, 0.25) is 0 Å². The zero-order valence-corrected chi connectivity index (χ0v) is 42.0. The van der Waals surface area contributed by atoms with Gasteiger partial charge in [0, 0.05) is 19.3 Å². The van der Waals surface area contributed by atoms with Crippen molar-refractivity contribution in [1.29, 1.82) is 0 Å². The molecule has 0 saturated heterocycles. The van der Waals surface area contributed by atoms with Gasteiger partial charge in [0.25, 0.3) is 0 Å². The average Bonchev–Trinajstić information content (AvgIpc) is 3.29. The van der Waals surface area contributed by atoms with E-state index in [9.17, 15) is 14.4 Å². The van der Waals surface area contributed by atoms with Crippen molar-refractivity contribution in [1.82, 2.24) is 0 Å². The van der Waals surface area contributed by atoms with E-state index in [1.165, 1.54) is 109 Å². The number of ether oxygens (including phenoxy) is 3. The van der Waals surface area contributed by atoms with Crippen molar-refractivity contribution < 1.29 is 28.6 Å². The van der Waals surface area contributed by atoms with E-state index >= 15 is 0 Å². The Hall–Kier alpha value is -3.15. The topological polar surface area (TPSA) is 78.9 Å². The Labute approximate surface area is 395 Å². The minimum absolute atomic E-state index is 0.0909. The van der Waals surface area contributed by atoms with Crippen LogP contribution in [0.2, 0.25) is 0 Å². The lowest BCUT2D eigenvalue weighted by atomic mass is 10.0. The summed E-state index contributed by atoms with van der Waals surface area (Å²) in [5, 5.41) is 0. The molecular weight excluding hydrogens is 793 g/mol. The molecule has 0 aliphatic heterocycles. The van der Waals surface area contributed by atoms with Crippen molar-refractivity contribution in [2.24, 2.45) is 0 Å². The lowest BCUT2D eigenvalue weighted by Gasteiger charge is -2.18. The number of carbonyl (C=O) groups is 3. The molecule has 0 N–H and O–H groups in total. The molecule has 0 fully saturated rings. The number of hydrogen-bond acceptors (Lipinski definition) is 6. The summed E-state index contributed by atoms with van der Waals surface area (Å²) in [6.45, 7) is 6.42. The van der Waals surface area contributed by atoms with Gasteiger partial charge in [0.05, 0.1) is 0 Å². The second-order valence-corrected chi connectivity index (χ2v) is 17.7. The molecule has 368 valence electrons. The first-order valence-corrected chi connectivity index (χ1v) is 26.9. The maximum Gasteiger partial charge on any atom is 0.306 e. The van der Waals surface area contributed by atoms with E-state index in [0.29, 0.717) is 19.3 Å². The zero-order chi connectivity index (χ0) is 46.5. The number of carbonyl (C=O) groups excluding carboxylic acids is 3. The second kappa shape index (κ2) is 52.5. The third-order valence-electron chi connectivity index (χ3n) is 11.4. The standard InChI is InChI=1S/C58H100O6/c1-4-7-10-13-16-19-22-24-25-26-27-28-29-30-31-32-33-35-36-39-42-45-48-51-57(60)63-54-55(53-62-56(59)50-47-44-41-38-21-18-15-12-9-6-3)64-58(61)52-49-46-43-40-37-34-23-20-17-14-11-8-5-2/h8,11-12,15,17,20,22,24,26-27,34,37,55H,4-7,9-10,13-14,16,18-19,21,23,25,28-33,35-36,38-54H2,1-3H3/b11-8-,15-12-,20-17-,24-22-,27-26-,37-34-. The van der Waals surface area contributed by atoms with Crippen LogP contribution in [-0.4, -0.2) is 37.2 Å². The minimum Gasteiger partial charge on any atom is -0.462 e. The van der Waals surface area contributed by atoms with Crippen molar-refractivity contribution in [3.8, 4) is 0 Å². The highest BCUT2D eigenvalue weighted by atomic mass is 16.6. The Morgan fingerprint density at radius 1 is 0.328 bits per heavy atom. The Balaban J connectivity index is 4.27. The summed E-state index contributed by atoms with van der Waals surface area (Å²) < 4.78 is 16.7. The zero-order valence-electron chi connectivity index (χ0n) is 42.0. The van der Waals surface area contributed by atoms with Gasteiger partial charge in [0.15, 0.2) is 6.10 Å². The molecule has 64 heavy (non-hydrogen) atoms. The smallest absolute Gasteiger partial charge is 0.306 e. The van der Waals surface area contributed by atoms with Gasteiger partial charge in [-0.3, -0.25) is 14.4 Å². The average molecular weight is 893 g/mol. The van der Waals surface area contributed by atoms with Crippen LogP contribution in [0.4, 0.5) is 0 Å². The minimum atomic E-state index is -0.793. The molecule has 0 bridgehead atoms. The first-order valence-electron chi connectivity index (χ1n) is 26.9. The monoisotopic (exact) mass is 893 g/mol. The van der Waals surface area contributed by atoms with Crippen molar-refractivity contribution >= 4 is 17.9 Å². The van der Waals surface area contributed by atoms with E-state index in [0.717, 1.165) is 109 Å². The van der Waals surface area contributed by atoms with Gasteiger partial charge in [-0.05, 0) is 103 Å². The summed E-state index contributed by atoms with van der Waals surface area (Å²) in [6.07, 6.45) is 66.2. The van der Waals surface area contributed by atoms with E-state index < -0.39 is 6.10 Å². The van der Waals surface area contributed by atoms with Crippen LogP contribution in [0.1, 0.15) is 258 Å². The van der Waals surface area contributed by atoms with Crippen LogP contribution in [0.25, 0.3) is 0 Å². The maximum atomic E-state index is 12.8. The van der Waals surface area contributed by atoms with E-state index in [1.54, 1.807) is 0 Å². The third-order valence-corrected chi connectivity index (χ3v) is 11.4. The van der Waals surface area contributed by atoms with Crippen molar-refractivity contribution in [3.63, 3.8) is 0 Å².